The summed E-state index contributed by atoms with van der Waals surface area (Å²) >= 11 is 6.16. The normalized spacial score (nSPS) is 12.2. The summed E-state index contributed by atoms with van der Waals surface area (Å²) < 4.78 is 25.9. The van der Waals surface area contributed by atoms with Crippen LogP contribution in [0.3, 0.4) is 0 Å². The van der Waals surface area contributed by atoms with E-state index in [1.54, 1.807) is 26.0 Å². The number of anilines is 1. The van der Waals surface area contributed by atoms with Crippen LogP contribution in [0.2, 0.25) is 5.02 Å². The van der Waals surface area contributed by atoms with Crippen molar-refractivity contribution in [2.75, 3.05) is 24.2 Å². The van der Waals surface area contributed by atoms with Crippen LogP contribution in [0, 0.1) is 6.92 Å². The second-order valence-corrected chi connectivity index (χ2v) is 9.31. The van der Waals surface area contributed by atoms with E-state index in [0.29, 0.717) is 5.02 Å². The molecule has 0 radical (unpaired) electrons. The fourth-order valence-electron chi connectivity index (χ4n) is 2.92. The van der Waals surface area contributed by atoms with Crippen LogP contribution in [0.5, 0.6) is 0 Å². The van der Waals surface area contributed by atoms with Crippen molar-refractivity contribution >= 4 is 39.1 Å². The molecular weight excluding hydrogens is 426 g/mol. The van der Waals surface area contributed by atoms with Crippen molar-refractivity contribution < 1.29 is 18.0 Å². The topological polar surface area (TPSA) is 86.8 Å². The molecule has 0 aliphatic heterocycles. The Balaban J connectivity index is 2.38. The van der Waals surface area contributed by atoms with E-state index >= 15 is 0 Å². The maximum absolute atomic E-state index is 13.2. The first-order valence-electron chi connectivity index (χ1n) is 9.33. The molecule has 9 heteroatoms. The minimum Gasteiger partial charge on any atom is -0.357 e. The molecule has 0 saturated heterocycles. The van der Waals surface area contributed by atoms with Crippen molar-refractivity contribution in [1.29, 1.82) is 0 Å². The largest absolute Gasteiger partial charge is 0.357 e. The van der Waals surface area contributed by atoms with E-state index in [0.717, 1.165) is 21.7 Å². The van der Waals surface area contributed by atoms with E-state index in [2.05, 4.69) is 5.32 Å². The van der Waals surface area contributed by atoms with Gasteiger partial charge in [0.2, 0.25) is 21.8 Å². The number of nitrogens with one attached hydrogen (secondary N) is 1. The van der Waals surface area contributed by atoms with Crippen molar-refractivity contribution in [2.24, 2.45) is 0 Å². The molecule has 0 saturated carbocycles. The molecule has 1 N–H and O–H groups in total. The number of amides is 2. The Morgan fingerprint density at radius 1 is 1.13 bits per heavy atom. The van der Waals surface area contributed by atoms with Crippen molar-refractivity contribution in [3.63, 3.8) is 0 Å². The van der Waals surface area contributed by atoms with Gasteiger partial charge in [-0.25, -0.2) is 8.42 Å². The zero-order valence-electron chi connectivity index (χ0n) is 17.4. The summed E-state index contributed by atoms with van der Waals surface area (Å²) in [5, 5.41) is 2.93. The predicted octanol–water partition coefficient (Wildman–Crippen LogP) is 2.58. The van der Waals surface area contributed by atoms with Gasteiger partial charge in [-0.05, 0) is 37.1 Å². The van der Waals surface area contributed by atoms with Gasteiger partial charge in [-0.15, -0.1) is 0 Å². The lowest BCUT2D eigenvalue weighted by Gasteiger charge is -2.31. The lowest BCUT2D eigenvalue weighted by Crippen LogP contribution is -2.50. The Morgan fingerprint density at radius 3 is 2.30 bits per heavy atom. The molecule has 0 aromatic heterocycles. The predicted molar refractivity (Wildman–Crippen MR) is 119 cm³/mol. The SMILES string of the molecule is CNC(=O)C(C)N(Cc1ccccc1)C(=O)CN(c1ccc(C)c(Cl)c1)S(C)(=O)=O. The number of likely N-dealkylation sites (N-methyl/N-ethyl adjacent to an activating group) is 1. The quantitative estimate of drug-likeness (QED) is 0.668. The first kappa shape index (κ1) is 23.7. The van der Waals surface area contributed by atoms with E-state index in [4.69, 9.17) is 11.6 Å². The number of benzene rings is 2. The monoisotopic (exact) mass is 451 g/mol. The van der Waals surface area contributed by atoms with Crippen molar-refractivity contribution in [2.45, 2.75) is 26.4 Å². The zero-order chi connectivity index (χ0) is 22.5. The summed E-state index contributed by atoms with van der Waals surface area (Å²) in [5.41, 5.74) is 1.90. The molecule has 2 aromatic rings. The molecule has 2 amide bonds. The molecule has 0 spiro atoms. The van der Waals surface area contributed by atoms with Gasteiger partial charge in [0.1, 0.15) is 12.6 Å². The molecule has 7 nitrogen and oxygen atoms in total. The number of carbonyl (C=O) groups excluding carboxylic acids is 2. The van der Waals surface area contributed by atoms with Gasteiger partial charge in [-0.2, -0.15) is 0 Å². The zero-order valence-corrected chi connectivity index (χ0v) is 19.0. The highest BCUT2D eigenvalue weighted by Gasteiger charge is 2.29. The second-order valence-electron chi connectivity index (χ2n) is 7.00. The van der Waals surface area contributed by atoms with Gasteiger partial charge in [0.15, 0.2) is 0 Å². The fraction of sp³-hybridized carbons (Fsp3) is 0.333. The van der Waals surface area contributed by atoms with Gasteiger partial charge in [0.25, 0.3) is 0 Å². The van der Waals surface area contributed by atoms with Crippen LogP contribution in [0.1, 0.15) is 18.1 Å². The van der Waals surface area contributed by atoms with E-state index in [-0.39, 0.29) is 18.1 Å². The molecule has 2 rings (SSSR count). The van der Waals surface area contributed by atoms with Gasteiger partial charge < -0.3 is 10.2 Å². The number of rotatable bonds is 8. The minimum atomic E-state index is -3.77. The summed E-state index contributed by atoms with van der Waals surface area (Å²) in [4.78, 5) is 26.8. The van der Waals surface area contributed by atoms with Crippen LogP contribution in [0.25, 0.3) is 0 Å². The third kappa shape index (κ3) is 5.96. The molecule has 0 fully saturated rings. The van der Waals surface area contributed by atoms with Crippen molar-refractivity contribution in [3.8, 4) is 0 Å². The Bertz CT molecular complexity index is 1010. The molecule has 0 aliphatic rings. The summed E-state index contributed by atoms with van der Waals surface area (Å²) in [5.74, 6) is -0.847. The summed E-state index contributed by atoms with van der Waals surface area (Å²) in [6.45, 7) is 3.12. The van der Waals surface area contributed by atoms with Crippen LogP contribution in [0.4, 0.5) is 5.69 Å². The summed E-state index contributed by atoms with van der Waals surface area (Å²) in [7, 11) is -2.29. The van der Waals surface area contributed by atoms with Crippen LogP contribution < -0.4 is 9.62 Å². The third-order valence-electron chi connectivity index (χ3n) is 4.73. The Kier molecular flexibility index (Phi) is 7.86. The molecule has 1 atom stereocenters. The number of hydrogen-bond donors (Lipinski definition) is 1. The van der Waals surface area contributed by atoms with E-state index in [1.165, 1.54) is 18.0 Å². The van der Waals surface area contributed by atoms with Crippen LogP contribution in [-0.4, -0.2) is 51.0 Å². The molecule has 30 heavy (non-hydrogen) atoms. The van der Waals surface area contributed by atoms with Gasteiger partial charge >= 0.3 is 0 Å². The first-order chi connectivity index (χ1) is 14.0. The number of nitrogens with zero attached hydrogens (tertiary/aromatic N) is 2. The van der Waals surface area contributed by atoms with E-state index in [9.17, 15) is 18.0 Å². The average Bonchev–Trinajstić information content (AvgIpc) is 2.71. The molecule has 0 heterocycles. The smallest absolute Gasteiger partial charge is 0.244 e. The van der Waals surface area contributed by atoms with E-state index in [1.807, 2.05) is 30.3 Å². The number of aryl methyl sites for hydroxylation is 1. The van der Waals surface area contributed by atoms with Gasteiger partial charge in [-0.3, -0.25) is 13.9 Å². The Hall–Kier alpha value is -2.58. The average molecular weight is 452 g/mol. The van der Waals surface area contributed by atoms with Gasteiger partial charge in [0, 0.05) is 18.6 Å². The Morgan fingerprint density at radius 2 is 1.77 bits per heavy atom. The van der Waals surface area contributed by atoms with Gasteiger partial charge in [0.05, 0.1) is 11.9 Å². The molecule has 2 aromatic carbocycles. The highest BCUT2D eigenvalue weighted by atomic mass is 35.5. The number of hydrogen-bond acceptors (Lipinski definition) is 4. The van der Waals surface area contributed by atoms with Crippen molar-refractivity contribution in [1.82, 2.24) is 10.2 Å². The molecule has 162 valence electrons. The summed E-state index contributed by atoms with van der Waals surface area (Å²) in [6.07, 6.45) is 1.03. The lowest BCUT2D eigenvalue weighted by molar-refractivity contribution is -0.139. The Labute approximate surface area is 182 Å². The molecular formula is C21H26ClN3O4S. The van der Waals surface area contributed by atoms with Crippen molar-refractivity contribution in [3.05, 3.63) is 64.7 Å². The first-order valence-corrected chi connectivity index (χ1v) is 11.6. The molecule has 0 aliphatic carbocycles. The highest BCUT2D eigenvalue weighted by Crippen LogP contribution is 2.25. The maximum atomic E-state index is 13.2. The second kappa shape index (κ2) is 9.95. The third-order valence-corrected chi connectivity index (χ3v) is 6.28. The van der Waals surface area contributed by atoms with Gasteiger partial charge in [-0.1, -0.05) is 48.0 Å². The standard InChI is InChI=1S/C21H26ClN3O4S/c1-15-10-11-18(12-19(15)22)25(30(4,28)29)14-20(26)24(16(2)21(27)23-3)13-17-8-6-5-7-9-17/h5-12,16H,13-14H2,1-4H3,(H,23,27). The highest BCUT2D eigenvalue weighted by molar-refractivity contribution is 7.92. The minimum absolute atomic E-state index is 0.167. The van der Waals surface area contributed by atoms with E-state index < -0.39 is 28.5 Å². The number of halogens is 1. The maximum Gasteiger partial charge on any atom is 0.244 e. The molecule has 1 unspecified atom stereocenters. The number of sulfonamides is 1. The fourth-order valence-corrected chi connectivity index (χ4v) is 3.94. The van der Waals surface area contributed by atoms with Crippen LogP contribution in [-0.2, 0) is 26.2 Å². The number of carbonyl (C=O) groups is 2. The van der Waals surface area contributed by atoms with Crippen LogP contribution >= 0.6 is 11.6 Å². The van der Waals surface area contributed by atoms with Crippen LogP contribution in [0.15, 0.2) is 48.5 Å². The summed E-state index contributed by atoms with van der Waals surface area (Å²) in [6, 6.07) is 13.2. The molecule has 0 bridgehead atoms. The lowest BCUT2D eigenvalue weighted by atomic mass is 10.1.